The maximum absolute atomic E-state index is 13.2. The van der Waals surface area contributed by atoms with Gasteiger partial charge in [-0.25, -0.2) is 0 Å². The lowest BCUT2D eigenvalue weighted by Crippen LogP contribution is -2.29. The molecule has 0 fully saturated rings. The molecule has 0 N–H and O–H groups in total. The van der Waals surface area contributed by atoms with Crippen LogP contribution in [0, 0.1) is 0 Å². The van der Waals surface area contributed by atoms with Gasteiger partial charge in [-0.1, -0.05) is 48.6 Å². The van der Waals surface area contributed by atoms with Gasteiger partial charge in [0.1, 0.15) is 0 Å². The number of amides is 2. The molecule has 2 aliphatic rings. The van der Waals surface area contributed by atoms with E-state index in [1.54, 1.807) is 22.0 Å². The molecule has 0 saturated carbocycles. The van der Waals surface area contributed by atoms with Crippen LogP contribution in [0.15, 0.2) is 73.8 Å². The van der Waals surface area contributed by atoms with Crippen molar-refractivity contribution in [2.75, 3.05) is 22.9 Å². The van der Waals surface area contributed by atoms with Crippen molar-refractivity contribution < 1.29 is 9.59 Å². The predicted molar refractivity (Wildman–Crippen MR) is 105 cm³/mol. The van der Waals surface area contributed by atoms with Gasteiger partial charge in [0, 0.05) is 24.2 Å². The van der Waals surface area contributed by atoms with Gasteiger partial charge in [-0.2, -0.15) is 0 Å². The summed E-state index contributed by atoms with van der Waals surface area (Å²) in [6, 6.07) is 15.1. The summed E-state index contributed by atoms with van der Waals surface area (Å²) in [4.78, 5) is 29.7. The highest BCUT2D eigenvalue weighted by molar-refractivity contribution is 6.49. The standard InChI is InChI=1S/C22H18N2O2/c1-3-13-23-17-11-7-5-9-15(17)19(21(23)25)20-16-10-6-8-12-18(16)24(14-4-2)22(20)26/h3-12H,1-2,13-14H2/b20-19+. The summed E-state index contributed by atoms with van der Waals surface area (Å²) < 4.78 is 0. The monoisotopic (exact) mass is 342 g/mol. The first-order valence-electron chi connectivity index (χ1n) is 8.47. The van der Waals surface area contributed by atoms with Gasteiger partial charge in [0.2, 0.25) is 0 Å². The molecule has 128 valence electrons. The van der Waals surface area contributed by atoms with Crippen LogP contribution in [-0.2, 0) is 9.59 Å². The number of para-hydroxylation sites is 2. The fraction of sp³-hybridized carbons (Fsp3) is 0.0909. The third-order valence-corrected chi connectivity index (χ3v) is 4.72. The zero-order valence-electron chi connectivity index (χ0n) is 14.3. The summed E-state index contributed by atoms with van der Waals surface area (Å²) in [5, 5.41) is 0. The lowest BCUT2D eigenvalue weighted by molar-refractivity contribution is -0.114. The number of hydrogen-bond acceptors (Lipinski definition) is 2. The molecule has 2 heterocycles. The molecule has 0 aliphatic carbocycles. The summed E-state index contributed by atoms with van der Waals surface area (Å²) in [6.07, 6.45) is 3.38. The number of nitrogens with zero attached hydrogens (tertiary/aromatic N) is 2. The average Bonchev–Trinajstić information content (AvgIpc) is 3.08. The highest BCUT2D eigenvalue weighted by Crippen LogP contribution is 2.46. The molecule has 0 saturated heterocycles. The minimum absolute atomic E-state index is 0.162. The molecule has 2 amide bonds. The van der Waals surface area contributed by atoms with E-state index in [0.717, 1.165) is 22.5 Å². The SMILES string of the molecule is C=CCN1C(=O)/C(=C2/C(=O)N(CC=C)c3ccccc32)c2ccccc21. The molecule has 26 heavy (non-hydrogen) atoms. The Hall–Kier alpha value is -3.40. The van der Waals surface area contributed by atoms with E-state index in [2.05, 4.69) is 13.2 Å². The van der Waals surface area contributed by atoms with Gasteiger partial charge in [-0.15, -0.1) is 13.2 Å². The van der Waals surface area contributed by atoms with Gasteiger partial charge < -0.3 is 9.80 Å². The second-order valence-electron chi connectivity index (χ2n) is 6.19. The van der Waals surface area contributed by atoms with E-state index in [1.807, 2.05) is 48.5 Å². The van der Waals surface area contributed by atoms with E-state index in [4.69, 9.17) is 0 Å². The van der Waals surface area contributed by atoms with Crippen molar-refractivity contribution >= 4 is 34.3 Å². The molecule has 4 nitrogen and oxygen atoms in total. The van der Waals surface area contributed by atoms with E-state index in [1.165, 1.54) is 0 Å². The molecule has 0 spiro atoms. The van der Waals surface area contributed by atoms with E-state index < -0.39 is 0 Å². The molecule has 0 aromatic heterocycles. The largest absolute Gasteiger partial charge is 0.304 e. The minimum atomic E-state index is -0.162. The van der Waals surface area contributed by atoms with Crippen LogP contribution in [0.25, 0.3) is 11.1 Å². The number of hydrogen-bond donors (Lipinski definition) is 0. The molecule has 4 heteroatoms. The average molecular weight is 342 g/mol. The van der Waals surface area contributed by atoms with Gasteiger partial charge in [0.05, 0.1) is 22.5 Å². The highest BCUT2D eigenvalue weighted by atomic mass is 16.2. The van der Waals surface area contributed by atoms with Crippen LogP contribution in [-0.4, -0.2) is 24.9 Å². The van der Waals surface area contributed by atoms with Crippen molar-refractivity contribution in [3.8, 4) is 0 Å². The Bertz CT molecular complexity index is 908. The van der Waals surface area contributed by atoms with Crippen LogP contribution < -0.4 is 9.80 Å². The first-order valence-corrected chi connectivity index (χ1v) is 8.47. The Kier molecular flexibility index (Phi) is 3.81. The first-order chi connectivity index (χ1) is 12.7. The lowest BCUT2D eigenvalue weighted by atomic mass is 9.96. The number of anilines is 2. The van der Waals surface area contributed by atoms with Crippen molar-refractivity contribution in [3.63, 3.8) is 0 Å². The van der Waals surface area contributed by atoms with Gasteiger partial charge in [-0.3, -0.25) is 9.59 Å². The Labute approximate surface area is 152 Å². The van der Waals surface area contributed by atoms with Gasteiger partial charge in [0.25, 0.3) is 11.8 Å². The third-order valence-electron chi connectivity index (χ3n) is 4.72. The van der Waals surface area contributed by atoms with Crippen LogP contribution in [0.3, 0.4) is 0 Å². The van der Waals surface area contributed by atoms with Crippen LogP contribution in [0.1, 0.15) is 11.1 Å². The van der Waals surface area contributed by atoms with Gasteiger partial charge in [-0.05, 0) is 12.1 Å². The molecular formula is C22H18N2O2. The quantitative estimate of drug-likeness (QED) is 0.628. The highest BCUT2D eigenvalue weighted by Gasteiger charge is 2.41. The fourth-order valence-electron chi connectivity index (χ4n) is 3.66. The van der Waals surface area contributed by atoms with Crippen LogP contribution in [0.2, 0.25) is 0 Å². The molecule has 2 aromatic carbocycles. The smallest absolute Gasteiger partial charge is 0.260 e. The molecule has 0 unspecified atom stereocenters. The second kappa shape index (κ2) is 6.15. The van der Waals surface area contributed by atoms with E-state index in [9.17, 15) is 9.59 Å². The number of carbonyl (C=O) groups is 2. The Morgan fingerprint density at radius 2 is 1.08 bits per heavy atom. The van der Waals surface area contributed by atoms with Crippen molar-refractivity contribution in [2.45, 2.75) is 0 Å². The normalized spacial score (nSPS) is 18.2. The first kappa shape index (κ1) is 16.1. The van der Waals surface area contributed by atoms with E-state index in [-0.39, 0.29) is 11.8 Å². The van der Waals surface area contributed by atoms with Crippen molar-refractivity contribution in [1.29, 1.82) is 0 Å². The minimum Gasteiger partial charge on any atom is -0.304 e. The summed E-state index contributed by atoms with van der Waals surface area (Å²) >= 11 is 0. The Morgan fingerprint density at radius 1 is 0.692 bits per heavy atom. The summed E-state index contributed by atoms with van der Waals surface area (Å²) in [5.41, 5.74) is 4.13. The lowest BCUT2D eigenvalue weighted by Gasteiger charge is -2.14. The van der Waals surface area contributed by atoms with E-state index >= 15 is 0 Å². The fourth-order valence-corrected chi connectivity index (χ4v) is 3.66. The van der Waals surface area contributed by atoms with Crippen molar-refractivity contribution in [3.05, 3.63) is 85.0 Å². The third kappa shape index (κ3) is 2.15. The second-order valence-corrected chi connectivity index (χ2v) is 6.19. The van der Waals surface area contributed by atoms with Gasteiger partial charge in [0.15, 0.2) is 0 Å². The topological polar surface area (TPSA) is 40.6 Å². The number of carbonyl (C=O) groups excluding carboxylic acids is 2. The summed E-state index contributed by atoms with van der Waals surface area (Å²) in [7, 11) is 0. The molecule has 2 aromatic rings. The Morgan fingerprint density at radius 3 is 1.46 bits per heavy atom. The predicted octanol–water partition coefficient (Wildman–Crippen LogP) is 3.66. The summed E-state index contributed by atoms with van der Waals surface area (Å²) in [5.74, 6) is -0.325. The van der Waals surface area contributed by atoms with Gasteiger partial charge >= 0.3 is 0 Å². The van der Waals surface area contributed by atoms with Crippen LogP contribution >= 0.6 is 0 Å². The maximum Gasteiger partial charge on any atom is 0.260 e. The Balaban J connectivity index is 2.00. The van der Waals surface area contributed by atoms with Crippen molar-refractivity contribution in [1.82, 2.24) is 0 Å². The number of fused-ring (bicyclic) bond motifs is 2. The van der Waals surface area contributed by atoms with Crippen molar-refractivity contribution in [2.24, 2.45) is 0 Å². The van der Waals surface area contributed by atoms with Crippen LogP contribution in [0.4, 0.5) is 11.4 Å². The molecule has 0 atom stereocenters. The zero-order chi connectivity index (χ0) is 18.3. The number of rotatable bonds is 4. The molecule has 0 bridgehead atoms. The molecule has 4 rings (SSSR count). The molecular weight excluding hydrogens is 324 g/mol. The van der Waals surface area contributed by atoms with Crippen LogP contribution in [0.5, 0.6) is 0 Å². The number of benzene rings is 2. The maximum atomic E-state index is 13.2. The molecule has 2 aliphatic heterocycles. The molecule has 0 radical (unpaired) electrons. The zero-order valence-corrected chi connectivity index (χ0v) is 14.3. The van der Waals surface area contributed by atoms with E-state index in [0.29, 0.717) is 24.2 Å². The summed E-state index contributed by atoms with van der Waals surface area (Å²) in [6.45, 7) is 8.29.